The molecule has 2 aliphatic heterocycles. The van der Waals surface area contributed by atoms with E-state index in [0.29, 0.717) is 65.3 Å². The van der Waals surface area contributed by atoms with E-state index >= 15 is 34.8 Å². The van der Waals surface area contributed by atoms with Crippen LogP contribution in [0.5, 0.6) is 23.0 Å². The van der Waals surface area contributed by atoms with Gasteiger partial charge in [0.15, 0.2) is 0 Å². The van der Waals surface area contributed by atoms with E-state index in [1.165, 1.54) is 0 Å². The van der Waals surface area contributed by atoms with Crippen LogP contribution in [-0.2, 0) is 20.0 Å². The topological polar surface area (TPSA) is 142 Å². The lowest BCUT2D eigenvalue weighted by Crippen LogP contribution is -2.37. The first-order valence-corrected chi connectivity index (χ1v) is 37.7. The van der Waals surface area contributed by atoms with Crippen LogP contribution in [0.1, 0.15) is 66.8 Å². The molecule has 504 valence electrons. The molecule has 1 N–H and O–H groups in total. The molecule has 99 heavy (non-hydrogen) atoms. The lowest BCUT2D eigenvalue weighted by atomic mass is 9.85. The molecule has 0 spiro atoms. The summed E-state index contributed by atoms with van der Waals surface area (Å²) in [4.78, 5) is 0. The van der Waals surface area contributed by atoms with Crippen LogP contribution in [0.4, 0.5) is 26.3 Å². The van der Waals surface area contributed by atoms with Crippen molar-refractivity contribution in [1.82, 2.24) is 4.49 Å². The highest BCUT2D eigenvalue weighted by atomic mass is 32.2. The van der Waals surface area contributed by atoms with Crippen molar-refractivity contribution >= 4 is 78.5 Å². The average Bonchev–Trinajstić information content (AvgIpc) is 1.62. The van der Waals surface area contributed by atoms with Crippen molar-refractivity contribution < 1.29 is 61.3 Å². The first kappa shape index (κ1) is 67.0. The summed E-state index contributed by atoms with van der Waals surface area (Å²) < 4.78 is 197. The van der Waals surface area contributed by atoms with Gasteiger partial charge in [-0.25, -0.2) is 8.42 Å². The summed E-state index contributed by atoms with van der Waals surface area (Å²) in [5.74, 6) is -1.49. The highest BCUT2D eigenvalue weighted by Gasteiger charge is 2.56. The first-order valence-electron chi connectivity index (χ1n) is 31.7. The van der Waals surface area contributed by atoms with Crippen LogP contribution in [0.25, 0.3) is 110 Å². The highest BCUT2D eigenvalue weighted by Crippen LogP contribution is 2.73. The zero-order valence-electron chi connectivity index (χ0n) is 55.8. The largest absolute Gasteiger partial charge is 0.518 e. The van der Waals surface area contributed by atoms with Gasteiger partial charge in [0.2, 0.25) is 0 Å². The van der Waals surface area contributed by atoms with Gasteiger partial charge in [-0.2, -0.15) is 34.8 Å². The molecule has 12 aromatic rings. The Bertz CT molecular complexity index is 5530. The van der Waals surface area contributed by atoms with E-state index in [2.05, 4.69) is 4.15 Å². The maximum atomic E-state index is 16.2. The summed E-state index contributed by atoms with van der Waals surface area (Å²) in [5, 5.41) is 3.84. The molecule has 14 rings (SSSR count). The van der Waals surface area contributed by atoms with E-state index in [1.54, 1.807) is 102 Å². The van der Waals surface area contributed by atoms with Crippen LogP contribution in [0, 0.1) is 83.1 Å². The zero-order valence-corrected chi connectivity index (χ0v) is 59.2. The summed E-state index contributed by atoms with van der Waals surface area (Å²) in [6.07, 6.45) is 0. The number of nitrogens with one attached hydrogen (secondary N) is 1. The molecule has 0 aromatic heterocycles. The number of rotatable bonds is 8. The zero-order chi connectivity index (χ0) is 70.5. The lowest BCUT2D eigenvalue weighted by molar-refractivity contribution is -0.0445. The number of aryl methyl sites for hydroxylation is 8. The molecule has 0 radical (unpaired) electrons. The van der Waals surface area contributed by atoms with Gasteiger partial charge >= 0.3 is 46.4 Å². The summed E-state index contributed by atoms with van der Waals surface area (Å²) in [5.41, 5.74) is -0.259. The fourth-order valence-corrected chi connectivity index (χ4v) is 21.7. The minimum absolute atomic E-state index is 0.126. The molecular formula is C78H65F6N3O8P2S2. The second-order valence-corrected chi connectivity index (χ2v) is 33.6. The molecule has 0 atom stereocenters. The van der Waals surface area contributed by atoms with Gasteiger partial charge in [0.25, 0.3) is 0 Å². The van der Waals surface area contributed by atoms with Crippen LogP contribution < -0.4 is 22.6 Å². The molecule has 2 heterocycles. The van der Waals surface area contributed by atoms with Gasteiger partial charge in [0.1, 0.15) is 23.0 Å². The highest BCUT2D eigenvalue weighted by molar-refractivity contribution is 7.97. The molecule has 21 heteroatoms. The molecule has 0 fully saturated rings. The van der Waals surface area contributed by atoms with Gasteiger partial charge in [0, 0.05) is 44.5 Å². The fraction of sp³-hybridized carbons (Fsp3) is 0.179. The molecule has 11 nitrogen and oxygen atoms in total. The third-order valence-corrected chi connectivity index (χ3v) is 27.9. The summed E-state index contributed by atoms with van der Waals surface area (Å²) in [7, 11) is -26.8. The van der Waals surface area contributed by atoms with Gasteiger partial charge in [-0.1, -0.05) is 150 Å². The Labute approximate surface area is 570 Å². The number of nitrogens with zero attached hydrogens (tertiary/aromatic N) is 2. The maximum absolute atomic E-state index is 16.2. The number of fused-ring (bicyclic) bond motifs is 14. The number of alkyl halides is 6. The van der Waals surface area contributed by atoms with Crippen molar-refractivity contribution in [3.8, 4) is 89.8 Å². The van der Waals surface area contributed by atoms with Crippen LogP contribution in [0.2, 0.25) is 0 Å². The standard InChI is InChI=1S/C78H65F6N3O8P2S2/c1-41-29-57(30-42(2)49(41)9)65-37-53-21-13-17-25-61(53)69-70-62-26-18-14-22-54(62)38-66(58-31-43(3)50(10)44(4)32-58)74(70)93-96(92-73(65)69,86-98(88,89)77(79,80)81)85-97(87-99(90,91)78(82,83)84)94-75-67(59-33-45(5)51(11)46(6)34-59)39-55-23-15-19-27-63(55)71(75)72-64-28-20-16-24-56(64)40-68(76(72)95-97)60-35-47(7)52(12)48(8)36-60/h13-40,86H,1-12H3. The molecule has 2 aliphatic rings. The second-order valence-electron chi connectivity index (χ2n) is 25.8. The Morgan fingerprint density at radius 2 is 0.586 bits per heavy atom. The normalized spacial score (nSPS) is 14.2. The smallest absolute Gasteiger partial charge is 0.417 e. The van der Waals surface area contributed by atoms with Crippen molar-refractivity contribution in [2.24, 2.45) is 8.67 Å². The number of sulfonamides is 2. The Kier molecular flexibility index (Phi) is 16.1. The van der Waals surface area contributed by atoms with Crippen molar-refractivity contribution in [1.29, 1.82) is 0 Å². The van der Waals surface area contributed by atoms with E-state index in [9.17, 15) is 8.42 Å². The Hall–Kier alpha value is -9.22. The average molecular weight is 1410 g/mol. The number of halogens is 6. The fourth-order valence-electron chi connectivity index (χ4n) is 13.5. The third kappa shape index (κ3) is 11.3. The summed E-state index contributed by atoms with van der Waals surface area (Å²) in [6.45, 7) is 22.5. The predicted octanol–water partition coefficient (Wildman–Crippen LogP) is 23.4. The van der Waals surface area contributed by atoms with Crippen LogP contribution in [0.3, 0.4) is 0 Å². The van der Waals surface area contributed by atoms with Crippen LogP contribution >= 0.6 is 15.3 Å². The van der Waals surface area contributed by atoms with E-state index in [4.69, 9.17) is 22.6 Å². The predicted molar refractivity (Wildman–Crippen MR) is 387 cm³/mol. The van der Waals surface area contributed by atoms with E-state index in [1.807, 2.05) is 156 Å². The number of hydrogen-bond acceptors (Lipinski definition) is 8. The minimum atomic E-state index is -7.08. The van der Waals surface area contributed by atoms with Crippen LogP contribution in [-0.4, -0.2) is 27.9 Å². The lowest BCUT2D eigenvalue weighted by Gasteiger charge is -2.29. The number of hydrogen-bond donors (Lipinski definition) is 1. The van der Waals surface area contributed by atoms with Crippen molar-refractivity contribution in [2.45, 2.75) is 94.1 Å². The van der Waals surface area contributed by atoms with Crippen molar-refractivity contribution in [2.75, 3.05) is 0 Å². The van der Waals surface area contributed by atoms with Gasteiger partial charge in [-0.05, 0) is 239 Å². The Morgan fingerprint density at radius 1 is 0.343 bits per heavy atom. The summed E-state index contributed by atoms with van der Waals surface area (Å²) >= 11 is 0. The monoisotopic (exact) mass is 1410 g/mol. The molecular weight excluding hydrogens is 1350 g/mol. The Morgan fingerprint density at radius 3 is 0.828 bits per heavy atom. The molecule has 0 amide bonds. The van der Waals surface area contributed by atoms with Crippen molar-refractivity contribution in [3.63, 3.8) is 0 Å². The Balaban J connectivity index is 1.27. The first-order chi connectivity index (χ1) is 46.7. The minimum Gasteiger partial charge on any atom is -0.417 e. The van der Waals surface area contributed by atoms with Crippen LogP contribution in [0.15, 0.2) is 179 Å². The quantitative estimate of drug-likeness (QED) is 0.117. The SMILES string of the molecule is Cc1cc(-c2cc3ccccc3c3c2OP(=NS(=O)(=O)C(F)(F)F)(N=P2(NS(=O)(=O)C(F)(F)F)Oc4c(-c5cc(C)c(C)c(C)c5)cc5ccccc5c4-c4c(c(-c5cc(C)c(C)c(C)c5)cc5ccccc45)O2)Oc2c(-c4cc(C)c(C)c(C)c4)cc4ccccc4c2-3)cc(C)c1C. The van der Waals surface area contributed by atoms with Gasteiger partial charge in [-0.3, -0.25) is 0 Å². The molecule has 0 aliphatic carbocycles. The molecule has 0 bridgehead atoms. The van der Waals surface area contributed by atoms with Gasteiger partial charge < -0.3 is 18.1 Å². The van der Waals surface area contributed by atoms with Gasteiger partial charge in [0.05, 0.1) is 0 Å². The third-order valence-electron chi connectivity index (χ3n) is 19.6. The van der Waals surface area contributed by atoms with E-state index in [-0.39, 0.29) is 67.5 Å². The maximum Gasteiger partial charge on any atom is 0.518 e. The molecule has 12 aromatic carbocycles. The van der Waals surface area contributed by atoms with E-state index in [0.717, 1.165) is 66.8 Å². The number of benzene rings is 12. The van der Waals surface area contributed by atoms with E-state index < -0.39 is 46.4 Å². The molecule has 0 unspecified atom stereocenters. The molecule has 0 saturated heterocycles. The summed E-state index contributed by atoms with van der Waals surface area (Å²) in [6, 6.07) is 49.6. The second kappa shape index (κ2) is 23.7. The molecule has 0 saturated carbocycles. The van der Waals surface area contributed by atoms with Gasteiger partial charge in [-0.15, -0.1) is 9.01 Å². The van der Waals surface area contributed by atoms with Crippen molar-refractivity contribution in [3.05, 3.63) is 237 Å².